The first-order valence-electron chi connectivity index (χ1n) is 7.25. The molecule has 1 aromatic carbocycles. The fourth-order valence-electron chi connectivity index (χ4n) is 2.73. The molecule has 1 aliphatic carbocycles. The summed E-state index contributed by atoms with van der Waals surface area (Å²) in [5.41, 5.74) is 1.98. The Morgan fingerprint density at radius 2 is 1.85 bits per heavy atom. The lowest BCUT2D eigenvalue weighted by atomic mass is 9.87. The lowest BCUT2D eigenvalue weighted by Crippen LogP contribution is -2.37. The third-order valence-corrected chi connectivity index (χ3v) is 4.03. The van der Waals surface area contributed by atoms with E-state index in [2.05, 4.69) is 22.2 Å². The smallest absolute Gasteiger partial charge is 0.271 e. The Kier molecular flexibility index (Phi) is 3.63. The SMILES string of the molecule is C[C@H]1CC[C@@H](NC(=O)c2cnc3ccccc3n2)CC1. The highest BCUT2D eigenvalue weighted by molar-refractivity contribution is 5.93. The first-order chi connectivity index (χ1) is 9.72. The summed E-state index contributed by atoms with van der Waals surface area (Å²) in [7, 11) is 0. The van der Waals surface area contributed by atoms with Crippen LogP contribution in [0.4, 0.5) is 0 Å². The number of para-hydroxylation sites is 2. The molecular weight excluding hydrogens is 250 g/mol. The largest absolute Gasteiger partial charge is 0.348 e. The summed E-state index contributed by atoms with van der Waals surface area (Å²) >= 11 is 0. The van der Waals surface area contributed by atoms with Crippen molar-refractivity contribution in [1.29, 1.82) is 0 Å². The van der Waals surface area contributed by atoms with E-state index in [9.17, 15) is 4.79 Å². The van der Waals surface area contributed by atoms with Crippen LogP contribution in [0.1, 0.15) is 43.1 Å². The zero-order valence-corrected chi connectivity index (χ0v) is 11.7. The molecule has 20 heavy (non-hydrogen) atoms. The lowest BCUT2D eigenvalue weighted by molar-refractivity contribution is 0.0918. The van der Waals surface area contributed by atoms with Gasteiger partial charge in [-0.15, -0.1) is 0 Å². The molecule has 3 rings (SSSR count). The van der Waals surface area contributed by atoms with Crippen LogP contribution in [0.25, 0.3) is 11.0 Å². The van der Waals surface area contributed by atoms with Gasteiger partial charge in [-0.2, -0.15) is 0 Å². The maximum absolute atomic E-state index is 12.2. The Bertz CT molecular complexity index is 618. The minimum absolute atomic E-state index is 0.109. The molecule has 0 spiro atoms. The summed E-state index contributed by atoms with van der Waals surface area (Å²) in [4.78, 5) is 20.9. The molecule has 1 amide bonds. The summed E-state index contributed by atoms with van der Waals surface area (Å²) < 4.78 is 0. The van der Waals surface area contributed by atoms with Crippen LogP contribution in [-0.4, -0.2) is 21.9 Å². The average Bonchev–Trinajstić information content (AvgIpc) is 2.49. The highest BCUT2D eigenvalue weighted by atomic mass is 16.1. The van der Waals surface area contributed by atoms with Crippen molar-refractivity contribution in [1.82, 2.24) is 15.3 Å². The molecule has 1 N–H and O–H groups in total. The molecule has 0 aliphatic heterocycles. The van der Waals surface area contributed by atoms with Crippen molar-refractivity contribution in [3.63, 3.8) is 0 Å². The minimum atomic E-state index is -0.109. The zero-order chi connectivity index (χ0) is 13.9. The van der Waals surface area contributed by atoms with E-state index in [1.807, 2.05) is 24.3 Å². The lowest BCUT2D eigenvalue weighted by Gasteiger charge is -2.26. The Morgan fingerprint density at radius 1 is 1.15 bits per heavy atom. The number of amides is 1. The molecule has 0 unspecified atom stereocenters. The molecule has 1 aromatic heterocycles. The van der Waals surface area contributed by atoms with E-state index in [0.717, 1.165) is 29.8 Å². The quantitative estimate of drug-likeness (QED) is 0.912. The van der Waals surface area contributed by atoms with Crippen LogP contribution in [0.3, 0.4) is 0 Å². The fourth-order valence-corrected chi connectivity index (χ4v) is 2.73. The van der Waals surface area contributed by atoms with Crippen LogP contribution in [0, 0.1) is 5.92 Å². The first kappa shape index (κ1) is 13.0. The van der Waals surface area contributed by atoms with Gasteiger partial charge in [0, 0.05) is 6.04 Å². The van der Waals surface area contributed by atoms with Gasteiger partial charge in [-0.05, 0) is 43.7 Å². The zero-order valence-electron chi connectivity index (χ0n) is 11.7. The predicted molar refractivity (Wildman–Crippen MR) is 78.4 cm³/mol. The molecule has 1 fully saturated rings. The summed E-state index contributed by atoms with van der Waals surface area (Å²) in [6.45, 7) is 2.27. The molecule has 1 aliphatic rings. The third kappa shape index (κ3) is 2.79. The molecule has 0 radical (unpaired) electrons. The average molecular weight is 269 g/mol. The summed E-state index contributed by atoms with van der Waals surface area (Å²) in [6, 6.07) is 7.88. The fraction of sp³-hybridized carbons (Fsp3) is 0.438. The molecular formula is C16H19N3O. The van der Waals surface area contributed by atoms with Gasteiger partial charge in [0.2, 0.25) is 0 Å². The molecule has 0 saturated heterocycles. The van der Waals surface area contributed by atoms with Crippen molar-refractivity contribution >= 4 is 16.9 Å². The Balaban J connectivity index is 1.72. The molecule has 4 nitrogen and oxygen atoms in total. The van der Waals surface area contributed by atoms with E-state index < -0.39 is 0 Å². The van der Waals surface area contributed by atoms with Crippen LogP contribution in [0.5, 0.6) is 0 Å². The maximum Gasteiger partial charge on any atom is 0.271 e. The summed E-state index contributed by atoms with van der Waals surface area (Å²) in [6.07, 6.45) is 6.06. The normalized spacial score (nSPS) is 22.6. The Labute approximate surface area is 118 Å². The van der Waals surface area contributed by atoms with Gasteiger partial charge in [0.1, 0.15) is 5.69 Å². The molecule has 0 bridgehead atoms. The van der Waals surface area contributed by atoms with Gasteiger partial charge in [0.15, 0.2) is 0 Å². The molecule has 0 atom stereocenters. The van der Waals surface area contributed by atoms with E-state index >= 15 is 0 Å². The van der Waals surface area contributed by atoms with E-state index in [4.69, 9.17) is 0 Å². The number of nitrogens with one attached hydrogen (secondary N) is 1. The van der Waals surface area contributed by atoms with Crippen LogP contribution in [-0.2, 0) is 0 Å². The van der Waals surface area contributed by atoms with Crippen LogP contribution >= 0.6 is 0 Å². The number of hydrogen-bond donors (Lipinski definition) is 1. The molecule has 1 saturated carbocycles. The highest BCUT2D eigenvalue weighted by Crippen LogP contribution is 2.23. The molecule has 4 heteroatoms. The van der Waals surface area contributed by atoms with Crippen molar-refractivity contribution in [2.24, 2.45) is 5.92 Å². The topological polar surface area (TPSA) is 54.9 Å². The second kappa shape index (κ2) is 5.57. The predicted octanol–water partition coefficient (Wildman–Crippen LogP) is 2.94. The first-order valence-corrected chi connectivity index (χ1v) is 7.25. The third-order valence-electron chi connectivity index (χ3n) is 4.03. The van der Waals surface area contributed by atoms with Gasteiger partial charge < -0.3 is 5.32 Å². The second-order valence-electron chi connectivity index (χ2n) is 5.67. The van der Waals surface area contributed by atoms with Gasteiger partial charge in [-0.1, -0.05) is 19.1 Å². The van der Waals surface area contributed by atoms with E-state index in [1.165, 1.54) is 12.8 Å². The number of hydrogen-bond acceptors (Lipinski definition) is 3. The summed E-state index contributed by atoms with van der Waals surface area (Å²) in [5, 5.41) is 3.08. The van der Waals surface area contributed by atoms with Crippen molar-refractivity contribution in [2.45, 2.75) is 38.6 Å². The summed E-state index contributed by atoms with van der Waals surface area (Å²) in [5.74, 6) is 0.673. The van der Waals surface area contributed by atoms with Crippen molar-refractivity contribution in [3.8, 4) is 0 Å². The minimum Gasteiger partial charge on any atom is -0.348 e. The number of fused-ring (bicyclic) bond motifs is 1. The van der Waals surface area contributed by atoms with E-state index in [1.54, 1.807) is 6.20 Å². The molecule has 104 valence electrons. The number of nitrogens with zero attached hydrogens (tertiary/aromatic N) is 2. The van der Waals surface area contributed by atoms with Crippen LogP contribution in [0.2, 0.25) is 0 Å². The van der Waals surface area contributed by atoms with E-state index in [0.29, 0.717) is 5.69 Å². The van der Waals surface area contributed by atoms with Gasteiger partial charge >= 0.3 is 0 Å². The maximum atomic E-state index is 12.2. The second-order valence-corrected chi connectivity index (χ2v) is 5.67. The number of carbonyl (C=O) groups is 1. The van der Waals surface area contributed by atoms with Gasteiger partial charge in [-0.25, -0.2) is 4.98 Å². The Morgan fingerprint density at radius 3 is 2.60 bits per heavy atom. The van der Waals surface area contributed by atoms with Crippen molar-refractivity contribution in [2.75, 3.05) is 0 Å². The molecule has 2 aromatic rings. The highest BCUT2D eigenvalue weighted by Gasteiger charge is 2.20. The molecule has 1 heterocycles. The van der Waals surface area contributed by atoms with Crippen molar-refractivity contribution in [3.05, 3.63) is 36.2 Å². The number of rotatable bonds is 2. The van der Waals surface area contributed by atoms with Crippen molar-refractivity contribution < 1.29 is 4.79 Å². The van der Waals surface area contributed by atoms with E-state index in [-0.39, 0.29) is 11.9 Å². The number of carbonyl (C=O) groups excluding carboxylic acids is 1. The van der Waals surface area contributed by atoms with Gasteiger partial charge in [-0.3, -0.25) is 9.78 Å². The standard InChI is InChI=1S/C16H19N3O/c1-11-6-8-12(9-7-11)18-16(20)15-10-17-13-4-2-3-5-14(13)19-15/h2-5,10-12H,6-9H2,1H3,(H,18,20)/t11-,12+. The number of benzene rings is 1. The number of aromatic nitrogens is 2. The monoisotopic (exact) mass is 269 g/mol. The van der Waals surface area contributed by atoms with Crippen LogP contribution < -0.4 is 5.32 Å². The Hall–Kier alpha value is -1.97. The van der Waals surface area contributed by atoms with Gasteiger partial charge in [0.05, 0.1) is 17.2 Å². The van der Waals surface area contributed by atoms with Gasteiger partial charge in [0.25, 0.3) is 5.91 Å². The van der Waals surface area contributed by atoms with Crippen LogP contribution in [0.15, 0.2) is 30.5 Å².